The van der Waals surface area contributed by atoms with Crippen LogP contribution in [0.4, 0.5) is 0 Å². The van der Waals surface area contributed by atoms with E-state index in [9.17, 15) is 0 Å². The zero-order valence-corrected chi connectivity index (χ0v) is 11.8. The maximum atomic E-state index is 3.76. The van der Waals surface area contributed by atoms with Gasteiger partial charge in [0.25, 0.3) is 0 Å². The summed E-state index contributed by atoms with van der Waals surface area (Å²) in [5.74, 6) is 0.971. The largest absolute Gasteiger partial charge is 0.311 e. The van der Waals surface area contributed by atoms with Gasteiger partial charge >= 0.3 is 0 Å². The van der Waals surface area contributed by atoms with E-state index in [0.29, 0.717) is 6.04 Å². The molecule has 1 aromatic rings. The minimum absolute atomic E-state index is 0.689. The summed E-state index contributed by atoms with van der Waals surface area (Å²) < 4.78 is 0. The Morgan fingerprint density at radius 2 is 1.79 bits per heavy atom. The van der Waals surface area contributed by atoms with E-state index >= 15 is 0 Å². The van der Waals surface area contributed by atoms with Crippen LogP contribution < -0.4 is 5.32 Å². The highest BCUT2D eigenvalue weighted by atomic mass is 15.3. The molecule has 1 N–H and O–H groups in total. The fourth-order valence-electron chi connectivity index (χ4n) is 4.00. The number of hydrogen-bond acceptors (Lipinski definition) is 2. The highest BCUT2D eigenvalue weighted by molar-refractivity contribution is 5.33. The van der Waals surface area contributed by atoms with Gasteiger partial charge in [-0.15, -0.1) is 0 Å². The van der Waals surface area contributed by atoms with Gasteiger partial charge in [-0.3, -0.25) is 4.90 Å². The summed E-state index contributed by atoms with van der Waals surface area (Å²) >= 11 is 0. The molecule has 0 radical (unpaired) electrons. The van der Waals surface area contributed by atoms with Gasteiger partial charge in [0.2, 0.25) is 0 Å². The van der Waals surface area contributed by atoms with Crippen molar-refractivity contribution in [2.24, 2.45) is 5.92 Å². The average Bonchev–Trinajstić information content (AvgIpc) is 3.18. The molecule has 2 aliphatic carbocycles. The van der Waals surface area contributed by atoms with Crippen molar-refractivity contribution in [3.05, 3.63) is 35.4 Å². The van der Waals surface area contributed by atoms with Crippen LogP contribution in [0.1, 0.15) is 30.9 Å². The lowest BCUT2D eigenvalue weighted by Gasteiger charge is -2.42. The fraction of sp³-hybridized carbons (Fsp3) is 0.647. The van der Waals surface area contributed by atoms with E-state index in [2.05, 4.69) is 41.4 Å². The van der Waals surface area contributed by atoms with E-state index in [1.807, 2.05) is 0 Å². The van der Waals surface area contributed by atoms with Crippen molar-refractivity contribution in [2.75, 3.05) is 13.1 Å². The Bertz CT molecular complexity index is 441. The summed E-state index contributed by atoms with van der Waals surface area (Å²) in [5.41, 5.74) is 3.17. The van der Waals surface area contributed by atoms with E-state index in [1.165, 1.54) is 38.8 Å². The Kier molecular flexibility index (Phi) is 2.89. The molecule has 0 amide bonds. The third-order valence-corrected chi connectivity index (χ3v) is 5.34. The molecule has 1 heterocycles. The molecule has 3 aliphatic rings. The van der Waals surface area contributed by atoms with Crippen molar-refractivity contribution in [2.45, 2.75) is 50.7 Å². The molecule has 2 unspecified atom stereocenters. The molecule has 1 saturated carbocycles. The Morgan fingerprint density at radius 1 is 1.11 bits per heavy atom. The Morgan fingerprint density at radius 3 is 2.42 bits per heavy atom. The standard InChI is InChI=1S/C17H24N2/c1-12-10-18-17(13-6-7-13)11-19(12)16-8-14-4-2-3-5-15(14)9-16/h2-5,12-13,16-18H,6-11H2,1H3. The maximum absolute atomic E-state index is 3.76. The van der Waals surface area contributed by atoms with Crippen LogP contribution in [0.25, 0.3) is 0 Å². The van der Waals surface area contributed by atoms with Crippen LogP contribution in [0.3, 0.4) is 0 Å². The van der Waals surface area contributed by atoms with E-state index in [4.69, 9.17) is 0 Å². The smallest absolute Gasteiger partial charge is 0.0224 e. The van der Waals surface area contributed by atoms with Crippen LogP contribution in [0, 0.1) is 5.92 Å². The minimum atomic E-state index is 0.689. The van der Waals surface area contributed by atoms with Gasteiger partial charge in [-0.2, -0.15) is 0 Å². The number of rotatable bonds is 2. The summed E-state index contributed by atoms with van der Waals surface area (Å²) in [6, 6.07) is 11.2. The van der Waals surface area contributed by atoms with Gasteiger partial charge in [0, 0.05) is 31.2 Å². The molecule has 2 fully saturated rings. The number of benzene rings is 1. The first-order valence-corrected chi connectivity index (χ1v) is 7.87. The Labute approximate surface area is 116 Å². The van der Waals surface area contributed by atoms with Gasteiger partial charge in [0.05, 0.1) is 0 Å². The van der Waals surface area contributed by atoms with Gasteiger partial charge in [0.1, 0.15) is 0 Å². The van der Waals surface area contributed by atoms with Crippen molar-refractivity contribution in [1.29, 1.82) is 0 Å². The first-order chi connectivity index (χ1) is 9.31. The number of nitrogens with one attached hydrogen (secondary N) is 1. The molecule has 0 aromatic heterocycles. The molecule has 2 heteroatoms. The topological polar surface area (TPSA) is 15.3 Å². The van der Waals surface area contributed by atoms with Crippen LogP contribution in [0.15, 0.2) is 24.3 Å². The van der Waals surface area contributed by atoms with Gasteiger partial charge in [-0.1, -0.05) is 24.3 Å². The van der Waals surface area contributed by atoms with Crippen LogP contribution in [0.5, 0.6) is 0 Å². The molecule has 102 valence electrons. The third kappa shape index (κ3) is 2.21. The molecule has 2 nitrogen and oxygen atoms in total. The lowest BCUT2D eigenvalue weighted by molar-refractivity contribution is 0.0888. The molecule has 19 heavy (non-hydrogen) atoms. The van der Waals surface area contributed by atoms with Gasteiger partial charge < -0.3 is 5.32 Å². The molecule has 4 rings (SSSR count). The Balaban J connectivity index is 1.49. The second-order valence-electron chi connectivity index (χ2n) is 6.73. The van der Waals surface area contributed by atoms with Gasteiger partial charge in [-0.25, -0.2) is 0 Å². The average molecular weight is 256 g/mol. The molecule has 1 aromatic carbocycles. The summed E-state index contributed by atoms with van der Waals surface area (Å²) in [4.78, 5) is 2.79. The van der Waals surface area contributed by atoms with Crippen molar-refractivity contribution >= 4 is 0 Å². The molecular formula is C17H24N2. The molecule has 1 saturated heterocycles. The summed E-state index contributed by atoms with van der Waals surface area (Å²) in [6.07, 6.45) is 5.42. The minimum Gasteiger partial charge on any atom is -0.311 e. The number of piperazine rings is 1. The second-order valence-corrected chi connectivity index (χ2v) is 6.73. The predicted molar refractivity (Wildman–Crippen MR) is 78.3 cm³/mol. The van der Waals surface area contributed by atoms with E-state index in [-0.39, 0.29) is 0 Å². The SMILES string of the molecule is CC1CNC(C2CC2)CN1C1Cc2ccccc2C1. The molecule has 0 spiro atoms. The summed E-state index contributed by atoms with van der Waals surface area (Å²) in [5, 5.41) is 3.76. The normalized spacial score (nSPS) is 32.5. The second kappa shape index (κ2) is 4.60. The third-order valence-electron chi connectivity index (χ3n) is 5.34. The van der Waals surface area contributed by atoms with Crippen molar-refractivity contribution in [3.8, 4) is 0 Å². The monoisotopic (exact) mass is 256 g/mol. The molecule has 2 atom stereocenters. The van der Waals surface area contributed by atoms with Crippen molar-refractivity contribution in [3.63, 3.8) is 0 Å². The Hall–Kier alpha value is -0.860. The van der Waals surface area contributed by atoms with E-state index in [0.717, 1.165) is 18.0 Å². The number of fused-ring (bicyclic) bond motifs is 1. The lowest BCUT2D eigenvalue weighted by atomic mass is 10.0. The molecular weight excluding hydrogens is 232 g/mol. The van der Waals surface area contributed by atoms with Crippen molar-refractivity contribution < 1.29 is 0 Å². The van der Waals surface area contributed by atoms with Crippen molar-refractivity contribution in [1.82, 2.24) is 10.2 Å². The first-order valence-electron chi connectivity index (χ1n) is 7.87. The summed E-state index contributed by atoms with van der Waals surface area (Å²) in [6.45, 7) is 4.83. The van der Waals surface area contributed by atoms with Gasteiger partial charge in [-0.05, 0) is 49.7 Å². The van der Waals surface area contributed by atoms with E-state index in [1.54, 1.807) is 11.1 Å². The quantitative estimate of drug-likeness (QED) is 0.873. The molecule has 1 aliphatic heterocycles. The zero-order chi connectivity index (χ0) is 12.8. The predicted octanol–water partition coefficient (Wildman–Crippen LogP) is 2.23. The van der Waals surface area contributed by atoms with Crippen LogP contribution >= 0.6 is 0 Å². The first kappa shape index (κ1) is 11.9. The molecule has 0 bridgehead atoms. The highest BCUT2D eigenvalue weighted by Gasteiger charge is 2.39. The van der Waals surface area contributed by atoms with Crippen LogP contribution in [0.2, 0.25) is 0 Å². The van der Waals surface area contributed by atoms with Crippen LogP contribution in [-0.2, 0) is 12.8 Å². The highest BCUT2D eigenvalue weighted by Crippen LogP contribution is 2.36. The summed E-state index contributed by atoms with van der Waals surface area (Å²) in [7, 11) is 0. The van der Waals surface area contributed by atoms with Gasteiger partial charge in [0.15, 0.2) is 0 Å². The maximum Gasteiger partial charge on any atom is 0.0224 e. The fourth-order valence-corrected chi connectivity index (χ4v) is 4.00. The lowest BCUT2D eigenvalue weighted by Crippen LogP contribution is -2.59. The van der Waals surface area contributed by atoms with Crippen LogP contribution in [-0.4, -0.2) is 36.1 Å². The van der Waals surface area contributed by atoms with E-state index < -0.39 is 0 Å². The number of hydrogen-bond donors (Lipinski definition) is 1. The zero-order valence-electron chi connectivity index (χ0n) is 11.8. The number of nitrogens with zero attached hydrogens (tertiary/aromatic N) is 1.